The van der Waals surface area contributed by atoms with Gasteiger partial charge in [0.2, 0.25) is 5.76 Å². The summed E-state index contributed by atoms with van der Waals surface area (Å²) in [4.78, 5) is 21.9. The van der Waals surface area contributed by atoms with Crippen molar-refractivity contribution in [3.8, 4) is 11.3 Å². The molecule has 0 radical (unpaired) electrons. The molecule has 0 atom stereocenters. The molecule has 20 heavy (non-hydrogen) atoms. The lowest BCUT2D eigenvalue weighted by Gasteiger charge is -2.01. The van der Waals surface area contributed by atoms with E-state index >= 15 is 0 Å². The molecule has 1 aromatic carbocycles. The molecule has 0 aliphatic carbocycles. The van der Waals surface area contributed by atoms with Crippen LogP contribution in [0.2, 0.25) is 5.02 Å². The highest BCUT2D eigenvalue weighted by Gasteiger charge is 2.20. The van der Waals surface area contributed by atoms with E-state index in [9.17, 15) is 14.9 Å². The molecule has 0 aliphatic heterocycles. The summed E-state index contributed by atoms with van der Waals surface area (Å²) in [5.74, 6) is -0.419. The zero-order valence-electron chi connectivity index (χ0n) is 10.5. The largest absolute Gasteiger partial charge is 0.460 e. The third-order valence-corrected chi connectivity index (χ3v) is 2.74. The van der Waals surface area contributed by atoms with E-state index < -0.39 is 10.9 Å². The van der Waals surface area contributed by atoms with Crippen LogP contribution in [0, 0.1) is 10.1 Å². The van der Waals surface area contributed by atoms with Gasteiger partial charge in [-0.05, 0) is 31.2 Å². The highest BCUT2D eigenvalue weighted by Crippen LogP contribution is 2.33. The van der Waals surface area contributed by atoms with Crippen LogP contribution in [-0.2, 0) is 4.74 Å². The Hall–Kier alpha value is -2.34. The summed E-state index contributed by atoms with van der Waals surface area (Å²) in [7, 11) is 0. The van der Waals surface area contributed by atoms with Gasteiger partial charge in [0.1, 0.15) is 5.76 Å². The summed E-state index contributed by atoms with van der Waals surface area (Å²) in [5, 5.41) is 11.3. The predicted molar refractivity (Wildman–Crippen MR) is 71.8 cm³/mol. The minimum absolute atomic E-state index is 0.00824. The first-order valence-corrected chi connectivity index (χ1v) is 6.12. The molecule has 1 heterocycles. The van der Waals surface area contributed by atoms with Crippen molar-refractivity contribution < 1.29 is 18.9 Å². The molecule has 0 aliphatic rings. The molecule has 0 spiro atoms. The maximum atomic E-state index is 11.5. The molecular formula is C13H10ClNO5. The average Bonchev–Trinajstić information content (AvgIpc) is 2.88. The standard InChI is InChI=1S/C13H10ClNO5/c1-2-19-13(16)12-6-5-11(20-12)9-4-3-8(14)7-10(9)15(17)18/h3-7H,2H2,1H3. The Balaban J connectivity index is 2.42. The van der Waals surface area contributed by atoms with Gasteiger partial charge in [0.15, 0.2) is 0 Å². The van der Waals surface area contributed by atoms with Gasteiger partial charge >= 0.3 is 5.97 Å². The van der Waals surface area contributed by atoms with Crippen LogP contribution in [0.25, 0.3) is 11.3 Å². The van der Waals surface area contributed by atoms with Gasteiger partial charge in [0.05, 0.1) is 17.1 Å². The number of rotatable bonds is 4. The lowest BCUT2D eigenvalue weighted by atomic mass is 10.1. The summed E-state index contributed by atoms with van der Waals surface area (Å²) in [5.41, 5.74) is 0.0530. The first-order chi connectivity index (χ1) is 9.52. The first-order valence-electron chi connectivity index (χ1n) is 5.74. The molecule has 2 aromatic rings. The third-order valence-electron chi connectivity index (χ3n) is 2.50. The second-order valence-corrected chi connectivity index (χ2v) is 4.24. The normalized spacial score (nSPS) is 10.3. The van der Waals surface area contributed by atoms with Crippen LogP contribution in [0.4, 0.5) is 5.69 Å². The number of nitro benzene ring substituents is 1. The van der Waals surface area contributed by atoms with Crippen molar-refractivity contribution in [3.05, 3.63) is 51.2 Å². The average molecular weight is 296 g/mol. The Morgan fingerprint density at radius 2 is 2.15 bits per heavy atom. The molecule has 7 heteroatoms. The first kappa shape index (κ1) is 14.1. The van der Waals surface area contributed by atoms with Crippen molar-refractivity contribution in [1.82, 2.24) is 0 Å². The second kappa shape index (κ2) is 5.75. The van der Waals surface area contributed by atoms with Gasteiger partial charge in [-0.1, -0.05) is 11.6 Å². The van der Waals surface area contributed by atoms with Crippen molar-refractivity contribution in [1.29, 1.82) is 0 Å². The SMILES string of the molecule is CCOC(=O)c1ccc(-c2ccc(Cl)cc2[N+](=O)[O-])o1. The van der Waals surface area contributed by atoms with Crippen LogP contribution in [0.5, 0.6) is 0 Å². The summed E-state index contributed by atoms with van der Waals surface area (Å²) in [6, 6.07) is 7.09. The van der Waals surface area contributed by atoms with Crippen molar-refractivity contribution in [2.75, 3.05) is 6.61 Å². The lowest BCUT2D eigenvalue weighted by Crippen LogP contribution is -2.02. The molecule has 0 fully saturated rings. The van der Waals surface area contributed by atoms with Gasteiger partial charge in [-0.3, -0.25) is 10.1 Å². The van der Waals surface area contributed by atoms with E-state index in [2.05, 4.69) is 0 Å². The van der Waals surface area contributed by atoms with E-state index in [-0.39, 0.29) is 34.4 Å². The van der Waals surface area contributed by atoms with Gasteiger partial charge in [-0.25, -0.2) is 4.79 Å². The van der Waals surface area contributed by atoms with Crippen LogP contribution in [-0.4, -0.2) is 17.5 Å². The fourth-order valence-corrected chi connectivity index (χ4v) is 1.83. The zero-order chi connectivity index (χ0) is 14.7. The van der Waals surface area contributed by atoms with Gasteiger partial charge < -0.3 is 9.15 Å². The number of carbonyl (C=O) groups is 1. The number of carbonyl (C=O) groups excluding carboxylic acids is 1. The van der Waals surface area contributed by atoms with Gasteiger partial charge in [-0.15, -0.1) is 0 Å². The summed E-state index contributed by atoms with van der Waals surface area (Å²) in [6.45, 7) is 1.89. The summed E-state index contributed by atoms with van der Waals surface area (Å²) >= 11 is 5.74. The maximum Gasteiger partial charge on any atom is 0.374 e. The topological polar surface area (TPSA) is 82.6 Å². The Morgan fingerprint density at radius 1 is 1.40 bits per heavy atom. The molecule has 104 valence electrons. The minimum Gasteiger partial charge on any atom is -0.460 e. The molecule has 6 nitrogen and oxygen atoms in total. The summed E-state index contributed by atoms with van der Waals surface area (Å²) in [6.07, 6.45) is 0. The molecular weight excluding hydrogens is 286 g/mol. The fourth-order valence-electron chi connectivity index (χ4n) is 1.66. The molecule has 0 saturated carbocycles. The highest BCUT2D eigenvalue weighted by molar-refractivity contribution is 6.30. The van der Waals surface area contributed by atoms with E-state index in [1.807, 2.05) is 0 Å². The Kier molecular flexibility index (Phi) is 4.05. The van der Waals surface area contributed by atoms with Gasteiger partial charge in [-0.2, -0.15) is 0 Å². The maximum absolute atomic E-state index is 11.5. The lowest BCUT2D eigenvalue weighted by molar-refractivity contribution is -0.384. The molecule has 2 rings (SSSR count). The predicted octanol–water partition coefficient (Wildman–Crippen LogP) is 3.68. The molecule has 1 aromatic heterocycles. The van der Waals surface area contributed by atoms with E-state index in [0.717, 1.165) is 0 Å². The van der Waals surface area contributed by atoms with Crippen molar-refractivity contribution in [3.63, 3.8) is 0 Å². The van der Waals surface area contributed by atoms with E-state index in [1.165, 1.54) is 30.3 Å². The minimum atomic E-state index is -0.615. The van der Waals surface area contributed by atoms with E-state index in [0.29, 0.717) is 0 Å². The number of nitrogens with zero attached hydrogens (tertiary/aromatic N) is 1. The molecule has 0 saturated heterocycles. The molecule has 0 unspecified atom stereocenters. The van der Waals surface area contributed by atoms with Crippen LogP contribution in [0.3, 0.4) is 0 Å². The molecule has 0 bridgehead atoms. The van der Waals surface area contributed by atoms with Crippen molar-refractivity contribution >= 4 is 23.3 Å². The second-order valence-electron chi connectivity index (χ2n) is 3.80. The van der Waals surface area contributed by atoms with Crippen molar-refractivity contribution in [2.24, 2.45) is 0 Å². The zero-order valence-corrected chi connectivity index (χ0v) is 11.2. The number of hydrogen-bond acceptors (Lipinski definition) is 5. The Bertz CT molecular complexity index is 665. The van der Waals surface area contributed by atoms with E-state index in [1.54, 1.807) is 6.92 Å². The van der Waals surface area contributed by atoms with Crippen LogP contribution in [0.15, 0.2) is 34.7 Å². The number of furan rings is 1. The quantitative estimate of drug-likeness (QED) is 0.488. The number of ether oxygens (including phenoxy) is 1. The Morgan fingerprint density at radius 3 is 2.80 bits per heavy atom. The monoisotopic (exact) mass is 295 g/mol. The van der Waals surface area contributed by atoms with E-state index in [4.69, 9.17) is 20.8 Å². The van der Waals surface area contributed by atoms with Crippen LogP contribution < -0.4 is 0 Å². The highest BCUT2D eigenvalue weighted by atomic mass is 35.5. The number of halogens is 1. The third kappa shape index (κ3) is 2.80. The van der Waals surface area contributed by atoms with Gasteiger partial charge in [0.25, 0.3) is 5.69 Å². The van der Waals surface area contributed by atoms with Crippen molar-refractivity contribution in [2.45, 2.75) is 6.92 Å². The fraction of sp³-hybridized carbons (Fsp3) is 0.154. The summed E-state index contributed by atoms with van der Waals surface area (Å²) < 4.78 is 10.1. The van der Waals surface area contributed by atoms with Crippen LogP contribution in [0.1, 0.15) is 17.5 Å². The number of hydrogen-bond donors (Lipinski definition) is 0. The Labute approximate surface area is 119 Å². The number of nitro groups is 1. The molecule has 0 N–H and O–H groups in total. The smallest absolute Gasteiger partial charge is 0.374 e. The molecule has 0 amide bonds. The number of benzene rings is 1. The van der Waals surface area contributed by atoms with Crippen LogP contribution >= 0.6 is 11.6 Å². The number of esters is 1. The van der Waals surface area contributed by atoms with Gasteiger partial charge in [0, 0.05) is 11.1 Å².